The molecule has 1 atom stereocenters. The molecule has 0 fully saturated rings. The molecule has 5 heteroatoms. The van der Waals surface area contributed by atoms with Crippen molar-refractivity contribution in [2.24, 2.45) is 0 Å². The van der Waals surface area contributed by atoms with Crippen LogP contribution in [0.25, 0.3) is 0 Å². The van der Waals surface area contributed by atoms with Crippen LogP contribution >= 0.6 is 0 Å². The Balaban J connectivity index is 0.00000676. The van der Waals surface area contributed by atoms with E-state index >= 15 is 0 Å². The number of hydrogen-bond acceptors (Lipinski definition) is 3. The van der Waals surface area contributed by atoms with Crippen molar-refractivity contribution >= 4 is 10.1 Å². The first kappa shape index (κ1) is 27.1. The largest absolute Gasteiger partial charge is 1.00 e. The molecule has 1 aromatic carbocycles. The second kappa shape index (κ2) is 16.0. The Morgan fingerprint density at radius 2 is 1.19 bits per heavy atom. The summed E-state index contributed by atoms with van der Waals surface area (Å²) >= 11 is 0. The van der Waals surface area contributed by atoms with Crippen LogP contribution in [0, 0.1) is 0 Å². The van der Waals surface area contributed by atoms with Crippen LogP contribution in [0.4, 0.5) is 0 Å². The van der Waals surface area contributed by atoms with Gasteiger partial charge in [0.05, 0.1) is 4.90 Å². The zero-order valence-corrected chi connectivity index (χ0v) is 20.5. The van der Waals surface area contributed by atoms with Crippen molar-refractivity contribution in [3.05, 3.63) is 29.8 Å². The van der Waals surface area contributed by atoms with Gasteiger partial charge in [-0.2, -0.15) is 0 Å². The third kappa shape index (κ3) is 13.1. The van der Waals surface area contributed by atoms with Crippen molar-refractivity contribution in [1.82, 2.24) is 0 Å². The van der Waals surface area contributed by atoms with Gasteiger partial charge < -0.3 is 4.55 Å². The van der Waals surface area contributed by atoms with Gasteiger partial charge >= 0.3 is 29.6 Å². The first-order chi connectivity index (χ1) is 12.4. The average molecular weight is 405 g/mol. The smallest absolute Gasteiger partial charge is 0.744 e. The normalized spacial score (nSPS) is 12.6. The first-order valence-electron chi connectivity index (χ1n) is 10.5. The summed E-state index contributed by atoms with van der Waals surface area (Å²) in [6, 6.07) is 6.40. The van der Waals surface area contributed by atoms with Crippen molar-refractivity contribution in [3.63, 3.8) is 0 Å². The molecular formula is C22H37NaO3S. The van der Waals surface area contributed by atoms with E-state index in [-0.39, 0.29) is 34.5 Å². The predicted octanol–water partition coefficient (Wildman–Crippen LogP) is 3.79. The molecule has 0 saturated carbocycles. The Kier molecular flexibility index (Phi) is 16.1. The topological polar surface area (TPSA) is 57.2 Å². The van der Waals surface area contributed by atoms with Gasteiger partial charge in [0.1, 0.15) is 10.1 Å². The van der Waals surface area contributed by atoms with Crippen LogP contribution in [0.1, 0.15) is 109 Å². The van der Waals surface area contributed by atoms with Crippen molar-refractivity contribution in [3.8, 4) is 0 Å². The Hall–Kier alpha value is 0.130. The van der Waals surface area contributed by atoms with Crippen LogP contribution in [0.15, 0.2) is 29.2 Å². The maximum atomic E-state index is 11.0. The third-order valence-electron chi connectivity index (χ3n) is 5.23. The van der Waals surface area contributed by atoms with E-state index in [1.54, 1.807) is 12.1 Å². The number of benzene rings is 1. The van der Waals surface area contributed by atoms with Gasteiger partial charge in [-0.3, -0.25) is 0 Å². The van der Waals surface area contributed by atoms with Gasteiger partial charge in [0.15, 0.2) is 0 Å². The van der Waals surface area contributed by atoms with Gasteiger partial charge in [-0.25, -0.2) is 8.42 Å². The van der Waals surface area contributed by atoms with E-state index in [2.05, 4.69) is 13.8 Å². The molecule has 0 aromatic heterocycles. The summed E-state index contributed by atoms with van der Waals surface area (Å²) in [5, 5.41) is 0. The van der Waals surface area contributed by atoms with Crippen molar-refractivity contribution in [1.29, 1.82) is 0 Å². The van der Waals surface area contributed by atoms with Crippen LogP contribution in [0.3, 0.4) is 0 Å². The molecule has 150 valence electrons. The zero-order chi connectivity index (χ0) is 19.3. The number of hydrogen-bond donors (Lipinski definition) is 0. The summed E-state index contributed by atoms with van der Waals surface area (Å²) in [5.41, 5.74) is 1.11. The minimum Gasteiger partial charge on any atom is -0.744 e. The molecular weight excluding hydrogens is 367 g/mol. The summed E-state index contributed by atoms with van der Waals surface area (Å²) < 4.78 is 32.9. The quantitative estimate of drug-likeness (QED) is 0.254. The number of rotatable bonds is 15. The van der Waals surface area contributed by atoms with Crippen LogP contribution in [-0.4, -0.2) is 13.0 Å². The van der Waals surface area contributed by atoms with Gasteiger partial charge in [-0.1, -0.05) is 103 Å². The summed E-state index contributed by atoms with van der Waals surface area (Å²) in [4.78, 5) is -0.140. The maximum absolute atomic E-state index is 11.0. The average Bonchev–Trinajstić information content (AvgIpc) is 2.62. The van der Waals surface area contributed by atoms with Gasteiger partial charge in [0.2, 0.25) is 0 Å². The third-order valence-corrected chi connectivity index (χ3v) is 6.08. The monoisotopic (exact) mass is 404 g/mol. The Bertz CT molecular complexity index is 570. The van der Waals surface area contributed by atoms with Gasteiger partial charge in [-0.15, -0.1) is 0 Å². The van der Waals surface area contributed by atoms with E-state index in [1.165, 1.54) is 89.2 Å². The summed E-state index contributed by atoms with van der Waals surface area (Å²) in [5.74, 6) is 0.404. The first-order valence-corrected chi connectivity index (χ1v) is 11.9. The Labute approximate surface area is 189 Å². The summed E-state index contributed by atoms with van der Waals surface area (Å²) in [7, 11) is -4.34. The van der Waals surface area contributed by atoms with Crippen LogP contribution in [0.2, 0.25) is 0 Å². The fourth-order valence-corrected chi connectivity index (χ4v) is 3.89. The van der Waals surface area contributed by atoms with E-state index < -0.39 is 10.1 Å². The molecule has 1 rings (SSSR count). The SMILES string of the molecule is CCCCCCCCCCCCCCC(C)c1ccc(S(=O)(=O)[O-])cc1.[Na+]. The van der Waals surface area contributed by atoms with Crippen molar-refractivity contribution in [2.45, 2.75) is 108 Å². The summed E-state index contributed by atoms with van der Waals surface area (Å²) in [6.45, 7) is 4.43. The standard InChI is InChI=1S/C22H38O3S.Na/c1-3-4-5-6-7-8-9-10-11-12-13-14-15-20(2)21-16-18-22(19-17-21)26(23,24)25;/h16-20H,3-15H2,1-2H3,(H,23,24,25);/q;+1/p-1. The summed E-state index contributed by atoms with van der Waals surface area (Å²) in [6.07, 6.45) is 17.3. The van der Waals surface area contributed by atoms with Gasteiger partial charge in [-0.05, 0) is 30.0 Å². The van der Waals surface area contributed by atoms with E-state index in [4.69, 9.17) is 0 Å². The molecule has 0 saturated heterocycles. The molecule has 0 aliphatic rings. The van der Waals surface area contributed by atoms with E-state index in [1.807, 2.05) is 0 Å². The molecule has 0 amide bonds. The zero-order valence-electron chi connectivity index (χ0n) is 17.7. The van der Waals surface area contributed by atoms with Crippen LogP contribution in [-0.2, 0) is 10.1 Å². The Morgan fingerprint density at radius 3 is 1.59 bits per heavy atom. The maximum Gasteiger partial charge on any atom is 1.00 e. The molecule has 27 heavy (non-hydrogen) atoms. The fraction of sp³-hybridized carbons (Fsp3) is 0.727. The molecule has 0 aliphatic carbocycles. The van der Waals surface area contributed by atoms with Crippen molar-refractivity contribution < 1.29 is 42.5 Å². The molecule has 3 nitrogen and oxygen atoms in total. The Morgan fingerprint density at radius 1 is 0.778 bits per heavy atom. The molecule has 0 radical (unpaired) electrons. The minimum absolute atomic E-state index is 0. The van der Waals surface area contributed by atoms with E-state index in [9.17, 15) is 13.0 Å². The molecule has 1 aromatic rings. The molecule has 0 aliphatic heterocycles. The van der Waals surface area contributed by atoms with Crippen LogP contribution < -0.4 is 29.6 Å². The van der Waals surface area contributed by atoms with Crippen LogP contribution in [0.5, 0.6) is 0 Å². The molecule has 1 unspecified atom stereocenters. The molecule has 0 N–H and O–H groups in total. The van der Waals surface area contributed by atoms with Crippen molar-refractivity contribution in [2.75, 3.05) is 0 Å². The second-order valence-corrected chi connectivity index (χ2v) is 8.98. The second-order valence-electron chi connectivity index (χ2n) is 7.60. The van der Waals surface area contributed by atoms with E-state index in [0.29, 0.717) is 5.92 Å². The van der Waals surface area contributed by atoms with Gasteiger partial charge in [0, 0.05) is 0 Å². The van der Waals surface area contributed by atoms with Gasteiger partial charge in [0.25, 0.3) is 0 Å². The fourth-order valence-electron chi connectivity index (χ4n) is 3.42. The molecule has 0 bridgehead atoms. The van der Waals surface area contributed by atoms with E-state index in [0.717, 1.165) is 12.0 Å². The minimum atomic E-state index is -4.34. The predicted molar refractivity (Wildman–Crippen MR) is 109 cm³/mol. The molecule has 0 spiro atoms. The number of unbranched alkanes of at least 4 members (excludes halogenated alkanes) is 11. The molecule has 0 heterocycles.